The van der Waals surface area contributed by atoms with E-state index in [9.17, 15) is 18.0 Å². The molecule has 0 saturated carbocycles. The monoisotopic (exact) mass is 376 g/mol. The summed E-state index contributed by atoms with van der Waals surface area (Å²) in [5.74, 6) is 0. The van der Waals surface area contributed by atoms with Gasteiger partial charge in [0.2, 0.25) is 0 Å². The standard InChI is InChI=1S/C17H11F3N4OS/c1-8-7-9(2)21-15-12(8)13-14(26-15)16(25)24(23-22-13)11-6-4-3-5-10(11)17(18,19)20/h3-7H,1-2H3. The largest absolute Gasteiger partial charge is 0.418 e. The van der Waals surface area contributed by atoms with Gasteiger partial charge in [-0.25, -0.2) is 4.98 Å². The molecule has 0 unspecified atom stereocenters. The molecule has 0 amide bonds. The van der Waals surface area contributed by atoms with Crippen molar-refractivity contribution in [2.75, 3.05) is 0 Å². The smallest absolute Gasteiger partial charge is 0.266 e. The van der Waals surface area contributed by atoms with Crippen LogP contribution >= 0.6 is 11.3 Å². The minimum Gasteiger partial charge on any atom is -0.266 e. The van der Waals surface area contributed by atoms with Crippen LogP contribution < -0.4 is 5.56 Å². The summed E-state index contributed by atoms with van der Waals surface area (Å²) >= 11 is 1.11. The summed E-state index contributed by atoms with van der Waals surface area (Å²) < 4.78 is 40.7. The van der Waals surface area contributed by atoms with Crippen molar-refractivity contribution in [3.8, 4) is 5.69 Å². The molecule has 1 aromatic carbocycles. The number of pyridine rings is 1. The third-order valence-electron chi connectivity index (χ3n) is 4.02. The Labute approximate surface area is 148 Å². The number of fused-ring (bicyclic) bond motifs is 3. The van der Waals surface area contributed by atoms with Crippen LogP contribution in [0.25, 0.3) is 26.1 Å². The summed E-state index contributed by atoms with van der Waals surface area (Å²) in [5.41, 5.74) is 0.102. The van der Waals surface area contributed by atoms with Crippen molar-refractivity contribution in [1.82, 2.24) is 20.0 Å². The third kappa shape index (κ3) is 2.47. The summed E-state index contributed by atoms with van der Waals surface area (Å²) in [5, 5.41) is 8.51. The number of alkyl halides is 3. The second-order valence-electron chi connectivity index (χ2n) is 5.86. The van der Waals surface area contributed by atoms with Crippen molar-refractivity contribution in [3.05, 3.63) is 57.5 Å². The van der Waals surface area contributed by atoms with Gasteiger partial charge >= 0.3 is 6.18 Å². The molecule has 0 saturated heterocycles. The average Bonchev–Trinajstić information content (AvgIpc) is 2.94. The molecule has 0 N–H and O–H groups in total. The molecule has 9 heteroatoms. The second kappa shape index (κ2) is 5.60. The van der Waals surface area contributed by atoms with E-state index in [0.29, 0.717) is 20.4 Å². The number of benzene rings is 1. The van der Waals surface area contributed by atoms with Gasteiger partial charge < -0.3 is 0 Å². The predicted molar refractivity (Wildman–Crippen MR) is 92.8 cm³/mol. The summed E-state index contributed by atoms with van der Waals surface area (Å²) in [6.45, 7) is 3.70. The molecule has 132 valence electrons. The van der Waals surface area contributed by atoms with Gasteiger partial charge in [0, 0.05) is 11.1 Å². The molecule has 4 aromatic rings. The van der Waals surface area contributed by atoms with Gasteiger partial charge in [-0.1, -0.05) is 17.3 Å². The van der Waals surface area contributed by atoms with Gasteiger partial charge in [-0.05, 0) is 37.6 Å². The molecule has 0 aliphatic rings. The number of rotatable bonds is 1. The first kappa shape index (κ1) is 16.6. The van der Waals surface area contributed by atoms with E-state index in [1.807, 2.05) is 19.9 Å². The molecule has 4 rings (SSSR count). The maximum Gasteiger partial charge on any atom is 0.418 e. The topological polar surface area (TPSA) is 60.7 Å². The van der Waals surface area contributed by atoms with Crippen molar-refractivity contribution < 1.29 is 13.2 Å². The van der Waals surface area contributed by atoms with Crippen LogP contribution in [0, 0.1) is 13.8 Å². The van der Waals surface area contributed by atoms with Gasteiger partial charge in [-0.3, -0.25) is 4.79 Å². The maximum atomic E-state index is 13.3. The number of aryl methyl sites for hydroxylation is 2. The zero-order valence-corrected chi connectivity index (χ0v) is 14.4. The van der Waals surface area contributed by atoms with E-state index in [4.69, 9.17) is 0 Å². The molecule has 0 spiro atoms. The van der Waals surface area contributed by atoms with E-state index in [1.165, 1.54) is 18.2 Å². The van der Waals surface area contributed by atoms with Crippen LogP contribution in [0.5, 0.6) is 0 Å². The molecule has 0 fully saturated rings. The number of nitrogens with zero attached hydrogens (tertiary/aromatic N) is 4. The van der Waals surface area contributed by atoms with Crippen LogP contribution in [0.1, 0.15) is 16.8 Å². The van der Waals surface area contributed by atoms with Crippen molar-refractivity contribution >= 4 is 31.8 Å². The van der Waals surface area contributed by atoms with E-state index >= 15 is 0 Å². The van der Waals surface area contributed by atoms with Gasteiger partial charge in [0.25, 0.3) is 5.56 Å². The fourth-order valence-corrected chi connectivity index (χ4v) is 4.10. The summed E-state index contributed by atoms with van der Waals surface area (Å²) in [4.78, 5) is 17.9. The van der Waals surface area contributed by atoms with Gasteiger partial charge in [0.05, 0.1) is 11.3 Å². The summed E-state index contributed by atoms with van der Waals surface area (Å²) in [6.07, 6.45) is -4.61. The summed E-state index contributed by atoms with van der Waals surface area (Å²) in [6, 6.07) is 6.65. The van der Waals surface area contributed by atoms with Crippen molar-refractivity contribution in [3.63, 3.8) is 0 Å². The molecule has 26 heavy (non-hydrogen) atoms. The zero-order chi connectivity index (χ0) is 18.6. The zero-order valence-electron chi connectivity index (χ0n) is 13.6. The quantitative estimate of drug-likeness (QED) is 0.503. The van der Waals surface area contributed by atoms with Gasteiger partial charge in [-0.2, -0.15) is 17.9 Å². The fraction of sp³-hybridized carbons (Fsp3) is 0.176. The van der Waals surface area contributed by atoms with Crippen LogP contribution in [-0.2, 0) is 6.18 Å². The first-order valence-corrected chi connectivity index (χ1v) is 8.42. The molecule has 0 atom stereocenters. The van der Waals surface area contributed by atoms with E-state index < -0.39 is 17.3 Å². The van der Waals surface area contributed by atoms with E-state index in [2.05, 4.69) is 15.3 Å². The summed E-state index contributed by atoms with van der Waals surface area (Å²) in [7, 11) is 0. The second-order valence-corrected chi connectivity index (χ2v) is 6.86. The highest BCUT2D eigenvalue weighted by atomic mass is 32.1. The minimum atomic E-state index is -4.61. The maximum absolute atomic E-state index is 13.3. The number of halogens is 3. The molecule has 0 aliphatic heterocycles. The van der Waals surface area contributed by atoms with E-state index in [1.54, 1.807) is 0 Å². The van der Waals surface area contributed by atoms with Crippen LogP contribution in [0.15, 0.2) is 35.1 Å². The highest BCUT2D eigenvalue weighted by Crippen LogP contribution is 2.34. The average molecular weight is 376 g/mol. The Balaban J connectivity index is 2.06. The SMILES string of the molecule is Cc1cc(C)c2c(n1)sc1c(=O)n(-c3ccccc3C(F)(F)F)nnc12. The minimum absolute atomic E-state index is 0.230. The lowest BCUT2D eigenvalue weighted by Gasteiger charge is -2.12. The van der Waals surface area contributed by atoms with Gasteiger partial charge in [0.1, 0.15) is 15.0 Å². The van der Waals surface area contributed by atoms with Gasteiger partial charge in [0.15, 0.2) is 0 Å². The van der Waals surface area contributed by atoms with Crippen molar-refractivity contribution in [1.29, 1.82) is 0 Å². The number of para-hydroxylation sites is 1. The Morgan fingerprint density at radius 3 is 2.62 bits per heavy atom. The van der Waals surface area contributed by atoms with Gasteiger partial charge in [-0.15, -0.1) is 16.4 Å². The molecule has 5 nitrogen and oxygen atoms in total. The molecule has 0 radical (unpaired) electrons. The third-order valence-corrected chi connectivity index (χ3v) is 5.08. The Morgan fingerprint density at radius 1 is 1.15 bits per heavy atom. The normalized spacial score (nSPS) is 12.2. The highest BCUT2D eigenvalue weighted by molar-refractivity contribution is 7.25. The number of hydrogen-bond acceptors (Lipinski definition) is 5. The fourth-order valence-electron chi connectivity index (χ4n) is 2.95. The lowest BCUT2D eigenvalue weighted by molar-refractivity contribution is -0.137. The lowest BCUT2D eigenvalue weighted by atomic mass is 10.1. The van der Waals surface area contributed by atoms with E-state index in [0.717, 1.165) is 28.7 Å². The molecule has 0 bridgehead atoms. The first-order valence-electron chi connectivity index (χ1n) is 7.60. The molecule has 3 aromatic heterocycles. The molecule has 0 aliphatic carbocycles. The first-order chi connectivity index (χ1) is 12.3. The lowest BCUT2D eigenvalue weighted by Crippen LogP contribution is -2.24. The number of aromatic nitrogens is 4. The van der Waals surface area contributed by atoms with Crippen molar-refractivity contribution in [2.45, 2.75) is 20.0 Å². The number of thiophene rings is 1. The number of hydrogen-bond donors (Lipinski definition) is 0. The van der Waals surface area contributed by atoms with Crippen LogP contribution in [-0.4, -0.2) is 20.0 Å². The Kier molecular flexibility index (Phi) is 3.58. The Morgan fingerprint density at radius 2 is 1.88 bits per heavy atom. The predicted octanol–water partition coefficient (Wildman–Crippen LogP) is 4.03. The highest BCUT2D eigenvalue weighted by Gasteiger charge is 2.34. The van der Waals surface area contributed by atoms with Crippen molar-refractivity contribution in [2.24, 2.45) is 0 Å². The molecular formula is C17H11F3N4OS. The van der Waals surface area contributed by atoms with Crippen LogP contribution in [0.4, 0.5) is 13.2 Å². The van der Waals surface area contributed by atoms with Crippen LogP contribution in [0.3, 0.4) is 0 Å². The molecule has 3 heterocycles. The Bertz CT molecular complexity index is 1230. The van der Waals surface area contributed by atoms with E-state index in [-0.39, 0.29) is 10.4 Å². The molecular weight excluding hydrogens is 365 g/mol. The van der Waals surface area contributed by atoms with Crippen LogP contribution in [0.2, 0.25) is 0 Å². The Hall–Kier alpha value is -2.81.